The number of imide groups is 1. The number of nitrogens with zero attached hydrogens (tertiary/aromatic N) is 2. The summed E-state index contributed by atoms with van der Waals surface area (Å²) >= 11 is 0. The first kappa shape index (κ1) is 18.8. The lowest BCUT2D eigenvalue weighted by molar-refractivity contribution is 0.0926. The van der Waals surface area contributed by atoms with Crippen molar-refractivity contribution in [2.75, 3.05) is 31.1 Å². The molecule has 28 heavy (non-hydrogen) atoms. The molecule has 0 atom stereocenters. The third kappa shape index (κ3) is 2.85. The highest BCUT2D eigenvalue weighted by molar-refractivity contribution is 7.89. The first-order valence-electron chi connectivity index (χ1n) is 9.12. The molecule has 0 unspecified atom stereocenters. The van der Waals surface area contributed by atoms with Crippen molar-refractivity contribution >= 4 is 27.5 Å². The van der Waals surface area contributed by atoms with Crippen LogP contribution in [0.4, 0.5) is 5.69 Å². The number of fused-ring (bicyclic) bond motifs is 1. The van der Waals surface area contributed by atoms with Gasteiger partial charge in [-0.25, -0.2) is 13.3 Å². The van der Waals surface area contributed by atoms with Crippen LogP contribution in [0.25, 0.3) is 0 Å². The number of aryl methyl sites for hydroxylation is 2. The van der Waals surface area contributed by atoms with Gasteiger partial charge in [-0.05, 0) is 49.2 Å². The second-order valence-electron chi connectivity index (χ2n) is 7.05. The molecule has 0 aliphatic carbocycles. The molecule has 0 spiro atoms. The molecule has 146 valence electrons. The lowest BCUT2D eigenvalue weighted by Gasteiger charge is -2.28. The smallest absolute Gasteiger partial charge is 0.266 e. The van der Waals surface area contributed by atoms with Gasteiger partial charge in [0.25, 0.3) is 11.8 Å². The summed E-state index contributed by atoms with van der Waals surface area (Å²) in [6.45, 7) is 5.47. The minimum atomic E-state index is -3.63. The number of nitrogens with one attached hydrogen (secondary N) is 1. The van der Waals surface area contributed by atoms with Gasteiger partial charge in [0.05, 0.1) is 21.7 Å². The predicted octanol–water partition coefficient (Wildman–Crippen LogP) is 1.70. The fraction of sp³-hybridized carbons (Fsp3) is 0.300. The van der Waals surface area contributed by atoms with E-state index in [1.807, 2.05) is 0 Å². The van der Waals surface area contributed by atoms with Gasteiger partial charge in [-0.15, -0.1) is 0 Å². The Hall–Kier alpha value is -2.55. The fourth-order valence-electron chi connectivity index (χ4n) is 3.73. The van der Waals surface area contributed by atoms with E-state index < -0.39 is 10.0 Å². The second kappa shape index (κ2) is 6.80. The molecule has 1 saturated heterocycles. The summed E-state index contributed by atoms with van der Waals surface area (Å²) in [7, 11) is -3.63. The van der Waals surface area contributed by atoms with Crippen molar-refractivity contribution < 1.29 is 18.0 Å². The molecule has 2 aliphatic heterocycles. The van der Waals surface area contributed by atoms with Gasteiger partial charge >= 0.3 is 0 Å². The van der Waals surface area contributed by atoms with Crippen LogP contribution >= 0.6 is 0 Å². The van der Waals surface area contributed by atoms with Gasteiger partial charge in [0.2, 0.25) is 10.0 Å². The monoisotopic (exact) mass is 399 g/mol. The van der Waals surface area contributed by atoms with Crippen LogP contribution in [0.15, 0.2) is 41.3 Å². The number of sulfonamides is 1. The quantitative estimate of drug-likeness (QED) is 0.794. The summed E-state index contributed by atoms with van der Waals surface area (Å²) in [5, 5.41) is 3.14. The molecular formula is C20H21N3O4S. The van der Waals surface area contributed by atoms with Gasteiger partial charge in [-0.1, -0.05) is 12.1 Å². The normalized spacial score (nSPS) is 17.9. The summed E-state index contributed by atoms with van der Waals surface area (Å²) in [6.07, 6.45) is 0. The first-order chi connectivity index (χ1) is 13.3. The molecule has 1 fully saturated rings. The minimum Gasteiger partial charge on any atom is -0.314 e. The molecule has 2 amide bonds. The maximum atomic E-state index is 13.1. The largest absolute Gasteiger partial charge is 0.314 e. The van der Waals surface area contributed by atoms with E-state index in [1.165, 1.54) is 4.31 Å². The average molecular weight is 399 g/mol. The SMILES string of the molecule is Cc1cc(S(=O)(=O)N2CCNCC2)c(C)cc1N1C(=O)c2ccccc2C1=O. The zero-order chi connectivity index (χ0) is 20.1. The molecule has 0 saturated carbocycles. The van der Waals surface area contributed by atoms with E-state index in [9.17, 15) is 18.0 Å². The van der Waals surface area contributed by atoms with Crippen molar-refractivity contribution in [3.8, 4) is 0 Å². The molecule has 2 aliphatic rings. The van der Waals surface area contributed by atoms with E-state index in [0.29, 0.717) is 54.1 Å². The van der Waals surface area contributed by atoms with E-state index in [-0.39, 0.29) is 16.7 Å². The second-order valence-corrected chi connectivity index (χ2v) is 8.96. The number of hydrogen-bond donors (Lipinski definition) is 1. The molecule has 1 N–H and O–H groups in total. The van der Waals surface area contributed by atoms with Crippen molar-refractivity contribution in [2.45, 2.75) is 18.7 Å². The third-order valence-corrected chi connectivity index (χ3v) is 7.26. The van der Waals surface area contributed by atoms with Crippen LogP contribution in [-0.2, 0) is 10.0 Å². The molecular weight excluding hydrogens is 378 g/mol. The number of carbonyl (C=O) groups excluding carboxylic acids is 2. The molecule has 0 bridgehead atoms. The van der Waals surface area contributed by atoms with E-state index in [1.54, 1.807) is 50.2 Å². The number of amides is 2. The van der Waals surface area contributed by atoms with E-state index in [2.05, 4.69) is 5.32 Å². The van der Waals surface area contributed by atoms with E-state index in [0.717, 1.165) is 4.90 Å². The number of piperazine rings is 1. The summed E-state index contributed by atoms with van der Waals surface area (Å²) in [5.74, 6) is -0.776. The van der Waals surface area contributed by atoms with Crippen molar-refractivity contribution in [1.82, 2.24) is 9.62 Å². The molecule has 4 rings (SSSR count). The third-order valence-electron chi connectivity index (χ3n) is 5.22. The Labute approximate surface area is 164 Å². The summed E-state index contributed by atoms with van der Waals surface area (Å²) < 4.78 is 27.6. The van der Waals surface area contributed by atoms with E-state index in [4.69, 9.17) is 0 Å². The van der Waals surface area contributed by atoms with Crippen molar-refractivity contribution in [2.24, 2.45) is 0 Å². The topological polar surface area (TPSA) is 86.8 Å². The number of carbonyl (C=O) groups is 2. The molecule has 0 radical (unpaired) electrons. The predicted molar refractivity (Wildman–Crippen MR) is 105 cm³/mol. The maximum absolute atomic E-state index is 13.1. The van der Waals surface area contributed by atoms with Gasteiger partial charge < -0.3 is 5.32 Å². The van der Waals surface area contributed by atoms with Crippen molar-refractivity contribution in [3.05, 3.63) is 58.7 Å². The first-order valence-corrected chi connectivity index (χ1v) is 10.6. The highest BCUT2D eigenvalue weighted by atomic mass is 32.2. The molecule has 7 nitrogen and oxygen atoms in total. The van der Waals surface area contributed by atoms with Crippen LogP contribution in [0.3, 0.4) is 0 Å². The van der Waals surface area contributed by atoms with Crippen LogP contribution < -0.4 is 10.2 Å². The van der Waals surface area contributed by atoms with Crippen LogP contribution in [0, 0.1) is 13.8 Å². The van der Waals surface area contributed by atoms with Crippen LogP contribution in [0.5, 0.6) is 0 Å². The zero-order valence-electron chi connectivity index (χ0n) is 15.7. The van der Waals surface area contributed by atoms with Crippen LogP contribution in [0.2, 0.25) is 0 Å². The summed E-state index contributed by atoms with van der Waals surface area (Å²) in [4.78, 5) is 26.9. The number of hydrogen-bond acceptors (Lipinski definition) is 5. The Kier molecular flexibility index (Phi) is 4.57. The molecule has 2 heterocycles. The lowest BCUT2D eigenvalue weighted by atomic mass is 10.1. The van der Waals surface area contributed by atoms with Crippen molar-refractivity contribution in [1.29, 1.82) is 0 Å². The van der Waals surface area contributed by atoms with Gasteiger partial charge in [0.1, 0.15) is 0 Å². The van der Waals surface area contributed by atoms with Crippen molar-refractivity contribution in [3.63, 3.8) is 0 Å². The maximum Gasteiger partial charge on any atom is 0.266 e. The average Bonchev–Trinajstić information content (AvgIpc) is 2.95. The number of rotatable bonds is 3. The molecule has 8 heteroatoms. The fourth-order valence-corrected chi connectivity index (χ4v) is 5.46. The van der Waals surface area contributed by atoms with Crippen LogP contribution in [0.1, 0.15) is 31.8 Å². The Balaban J connectivity index is 1.75. The highest BCUT2D eigenvalue weighted by Gasteiger charge is 2.38. The van der Waals surface area contributed by atoms with Gasteiger partial charge in [-0.2, -0.15) is 4.31 Å². The molecule has 2 aromatic carbocycles. The van der Waals surface area contributed by atoms with Gasteiger partial charge in [0, 0.05) is 26.2 Å². The Morgan fingerprint density at radius 1 is 0.893 bits per heavy atom. The van der Waals surface area contributed by atoms with E-state index >= 15 is 0 Å². The van der Waals surface area contributed by atoms with Crippen LogP contribution in [-0.4, -0.2) is 50.7 Å². The number of benzene rings is 2. The molecule has 2 aromatic rings. The zero-order valence-corrected chi connectivity index (χ0v) is 16.5. The number of anilines is 1. The van der Waals surface area contributed by atoms with Gasteiger partial charge in [-0.3, -0.25) is 9.59 Å². The molecule has 0 aromatic heterocycles. The van der Waals surface area contributed by atoms with Gasteiger partial charge in [0.15, 0.2) is 0 Å². The Morgan fingerprint density at radius 2 is 1.46 bits per heavy atom. The Morgan fingerprint density at radius 3 is 2.04 bits per heavy atom. The minimum absolute atomic E-state index is 0.215. The Bertz CT molecular complexity index is 1050. The highest BCUT2D eigenvalue weighted by Crippen LogP contribution is 2.34. The lowest BCUT2D eigenvalue weighted by Crippen LogP contribution is -2.46. The summed E-state index contributed by atoms with van der Waals surface area (Å²) in [6, 6.07) is 9.86. The summed E-state index contributed by atoms with van der Waals surface area (Å²) in [5.41, 5.74) is 2.22. The standard InChI is InChI=1S/C20H21N3O4S/c1-13-12-18(28(26,27)22-9-7-21-8-10-22)14(2)11-17(13)23-19(24)15-5-3-4-6-16(15)20(23)25/h3-6,11-12,21H,7-10H2,1-2H3.